The standard InChI is InChI=1S/C24H23Cl2N3O2S/c1-15-6-9-18(10-7-15)29-23(31)21(13-16-8-11-19(25)20(26)12-16)28-24(29)32-14-22(30)27-17-4-2-3-5-17/h6-13,17H,2-5,14H2,1H3,(H,27,30)/b21-13+. The third-order valence-corrected chi connectivity index (χ3v) is 7.10. The first-order chi connectivity index (χ1) is 15.4. The molecule has 32 heavy (non-hydrogen) atoms. The molecular formula is C24H23Cl2N3O2S. The van der Waals surface area contributed by atoms with Crippen LogP contribution in [-0.2, 0) is 9.59 Å². The second-order valence-corrected chi connectivity index (χ2v) is 9.67. The fourth-order valence-electron chi connectivity index (χ4n) is 3.74. The number of nitrogens with one attached hydrogen (secondary N) is 1. The number of aryl methyl sites for hydroxylation is 1. The van der Waals surface area contributed by atoms with Gasteiger partial charge in [0, 0.05) is 6.04 Å². The summed E-state index contributed by atoms with van der Waals surface area (Å²) in [5, 5.41) is 4.41. The van der Waals surface area contributed by atoms with Crippen molar-refractivity contribution >= 4 is 63.7 Å². The minimum atomic E-state index is -0.251. The van der Waals surface area contributed by atoms with E-state index in [2.05, 4.69) is 10.3 Å². The molecule has 1 saturated carbocycles. The van der Waals surface area contributed by atoms with Crippen LogP contribution in [0.1, 0.15) is 36.8 Å². The molecule has 2 amide bonds. The fourth-order valence-corrected chi connectivity index (χ4v) is 4.87. The zero-order valence-corrected chi connectivity index (χ0v) is 19.9. The number of aliphatic imine (C=N–C) groups is 1. The maximum absolute atomic E-state index is 13.3. The molecule has 8 heteroatoms. The van der Waals surface area contributed by atoms with Gasteiger partial charge in [-0.05, 0) is 55.7 Å². The Balaban J connectivity index is 1.57. The van der Waals surface area contributed by atoms with Gasteiger partial charge in [0.25, 0.3) is 5.91 Å². The first kappa shape index (κ1) is 22.9. The Bertz CT molecular complexity index is 1090. The number of halogens is 2. The van der Waals surface area contributed by atoms with Gasteiger partial charge in [-0.2, -0.15) is 0 Å². The summed E-state index contributed by atoms with van der Waals surface area (Å²) in [6, 6.07) is 13.1. The maximum atomic E-state index is 13.3. The van der Waals surface area contributed by atoms with Gasteiger partial charge in [0.1, 0.15) is 5.70 Å². The van der Waals surface area contributed by atoms with Crippen molar-refractivity contribution in [2.45, 2.75) is 38.6 Å². The van der Waals surface area contributed by atoms with Crippen molar-refractivity contribution in [2.75, 3.05) is 10.7 Å². The average molecular weight is 488 g/mol. The summed E-state index contributed by atoms with van der Waals surface area (Å²) in [4.78, 5) is 31.8. The van der Waals surface area contributed by atoms with E-state index in [4.69, 9.17) is 23.2 Å². The summed E-state index contributed by atoms with van der Waals surface area (Å²) in [6.07, 6.45) is 6.05. The first-order valence-corrected chi connectivity index (χ1v) is 12.2. The van der Waals surface area contributed by atoms with Crippen molar-refractivity contribution in [1.82, 2.24) is 5.32 Å². The molecule has 0 unspecified atom stereocenters. The van der Waals surface area contributed by atoms with Gasteiger partial charge in [-0.3, -0.25) is 14.5 Å². The average Bonchev–Trinajstić information content (AvgIpc) is 3.38. The Morgan fingerprint density at radius 1 is 1.16 bits per heavy atom. The summed E-state index contributed by atoms with van der Waals surface area (Å²) in [5.41, 5.74) is 2.80. The number of nitrogens with zero attached hydrogens (tertiary/aromatic N) is 2. The van der Waals surface area contributed by atoms with E-state index in [-0.39, 0.29) is 29.3 Å². The first-order valence-electron chi connectivity index (χ1n) is 10.5. The lowest BCUT2D eigenvalue weighted by molar-refractivity contribution is -0.119. The lowest BCUT2D eigenvalue weighted by Gasteiger charge is -2.18. The highest BCUT2D eigenvalue weighted by Gasteiger charge is 2.32. The van der Waals surface area contributed by atoms with Gasteiger partial charge in [-0.1, -0.05) is 71.6 Å². The van der Waals surface area contributed by atoms with Crippen LogP contribution in [0, 0.1) is 6.92 Å². The lowest BCUT2D eigenvalue weighted by atomic mass is 10.2. The quantitative estimate of drug-likeness (QED) is 0.538. The molecule has 0 saturated heterocycles. The van der Waals surface area contributed by atoms with Crippen LogP contribution in [0.15, 0.2) is 53.2 Å². The number of carbonyl (C=O) groups excluding carboxylic acids is 2. The number of thioether (sulfide) groups is 1. The minimum absolute atomic E-state index is 0.0391. The lowest BCUT2D eigenvalue weighted by Crippen LogP contribution is -2.35. The molecule has 1 aliphatic heterocycles. The van der Waals surface area contributed by atoms with Crippen LogP contribution in [-0.4, -0.2) is 28.8 Å². The maximum Gasteiger partial charge on any atom is 0.283 e. The molecule has 1 heterocycles. The molecule has 1 fully saturated rings. The van der Waals surface area contributed by atoms with E-state index < -0.39 is 0 Å². The van der Waals surface area contributed by atoms with Crippen molar-refractivity contribution < 1.29 is 9.59 Å². The van der Waals surface area contributed by atoms with Gasteiger partial charge in [0.2, 0.25) is 5.91 Å². The Kier molecular flexibility index (Phi) is 7.23. The van der Waals surface area contributed by atoms with Crippen LogP contribution in [0.4, 0.5) is 5.69 Å². The van der Waals surface area contributed by atoms with E-state index in [0.717, 1.165) is 36.8 Å². The van der Waals surface area contributed by atoms with Gasteiger partial charge in [0.05, 0.1) is 21.5 Å². The summed E-state index contributed by atoms with van der Waals surface area (Å²) in [5.74, 6) is -0.0909. The van der Waals surface area contributed by atoms with Crippen LogP contribution in [0.3, 0.4) is 0 Å². The molecular weight excluding hydrogens is 465 g/mol. The van der Waals surface area contributed by atoms with Gasteiger partial charge in [-0.15, -0.1) is 0 Å². The Morgan fingerprint density at radius 2 is 1.88 bits per heavy atom. The van der Waals surface area contributed by atoms with Gasteiger partial charge < -0.3 is 5.32 Å². The van der Waals surface area contributed by atoms with E-state index >= 15 is 0 Å². The van der Waals surface area contributed by atoms with Crippen LogP contribution in [0.2, 0.25) is 10.0 Å². The smallest absolute Gasteiger partial charge is 0.283 e. The molecule has 0 spiro atoms. The minimum Gasteiger partial charge on any atom is -0.353 e. The molecule has 2 aromatic rings. The zero-order chi connectivity index (χ0) is 22.7. The monoisotopic (exact) mass is 487 g/mol. The van der Waals surface area contributed by atoms with Crippen molar-refractivity contribution in [2.24, 2.45) is 4.99 Å². The molecule has 2 aliphatic rings. The molecule has 4 rings (SSSR count). The van der Waals surface area contributed by atoms with Crippen LogP contribution in [0.25, 0.3) is 6.08 Å². The highest BCUT2D eigenvalue weighted by atomic mass is 35.5. The van der Waals surface area contributed by atoms with Crippen molar-refractivity contribution in [3.05, 3.63) is 69.3 Å². The predicted octanol–water partition coefficient (Wildman–Crippen LogP) is 5.84. The van der Waals surface area contributed by atoms with Crippen LogP contribution >= 0.6 is 35.0 Å². The second kappa shape index (κ2) is 10.1. The molecule has 0 bridgehead atoms. The van der Waals surface area contributed by atoms with E-state index in [0.29, 0.717) is 20.9 Å². The predicted molar refractivity (Wildman–Crippen MR) is 133 cm³/mol. The van der Waals surface area contributed by atoms with E-state index in [1.54, 1.807) is 29.2 Å². The number of hydrogen-bond donors (Lipinski definition) is 1. The number of carbonyl (C=O) groups is 2. The number of amidine groups is 1. The summed E-state index contributed by atoms with van der Waals surface area (Å²) >= 11 is 13.4. The molecule has 0 atom stereocenters. The summed E-state index contributed by atoms with van der Waals surface area (Å²) < 4.78 is 0. The van der Waals surface area contributed by atoms with Gasteiger partial charge >= 0.3 is 0 Å². The third kappa shape index (κ3) is 5.37. The normalized spacial score (nSPS) is 17.8. The van der Waals surface area contributed by atoms with Crippen molar-refractivity contribution in [3.63, 3.8) is 0 Å². The number of amides is 2. The topological polar surface area (TPSA) is 61.8 Å². The fraction of sp³-hybridized carbons (Fsp3) is 0.292. The summed E-state index contributed by atoms with van der Waals surface area (Å²) in [7, 11) is 0. The molecule has 0 aromatic heterocycles. The highest BCUT2D eigenvalue weighted by Crippen LogP contribution is 2.31. The molecule has 1 N–H and O–H groups in total. The molecule has 0 radical (unpaired) electrons. The largest absolute Gasteiger partial charge is 0.353 e. The van der Waals surface area contributed by atoms with Crippen molar-refractivity contribution in [3.8, 4) is 0 Å². The highest BCUT2D eigenvalue weighted by molar-refractivity contribution is 8.14. The second-order valence-electron chi connectivity index (χ2n) is 7.91. The van der Waals surface area contributed by atoms with E-state index in [1.807, 2.05) is 31.2 Å². The third-order valence-electron chi connectivity index (χ3n) is 5.42. The Labute approximate surface area is 201 Å². The van der Waals surface area contributed by atoms with Crippen LogP contribution < -0.4 is 10.2 Å². The van der Waals surface area contributed by atoms with Gasteiger partial charge in [-0.25, -0.2) is 4.99 Å². The number of benzene rings is 2. The molecule has 166 valence electrons. The van der Waals surface area contributed by atoms with E-state index in [9.17, 15) is 9.59 Å². The molecule has 5 nitrogen and oxygen atoms in total. The zero-order valence-electron chi connectivity index (χ0n) is 17.6. The Hall–Kier alpha value is -2.28. The molecule has 2 aromatic carbocycles. The number of rotatable bonds is 5. The van der Waals surface area contributed by atoms with Crippen molar-refractivity contribution in [1.29, 1.82) is 0 Å². The van der Waals surface area contributed by atoms with Crippen LogP contribution in [0.5, 0.6) is 0 Å². The Morgan fingerprint density at radius 3 is 2.56 bits per heavy atom. The van der Waals surface area contributed by atoms with Gasteiger partial charge in [0.15, 0.2) is 5.17 Å². The van der Waals surface area contributed by atoms with E-state index in [1.165, 1.54) is 11.8 Å². The number of anilines is 1. The SMILES string of the molecule is Cc1ccc(N2C(=O)/C(=C\c3ccc(Cl)c(Cl)c3)N=C2SCC(=O)NC2CCCC2)cc1. The number of hydrogen-bond acceptors (Lipinski definition) is 4. The molecule has 1 aliphatic carbocycles. The summed E-state index contributed by atoms with van der Waals surface area (Å²) in [6.45, 7) is 1.99.